The Kier molecular flexibility index (Phi) is 6.08. The van der Waals surface area contributed by atoms with Gasteiger partial charge in [0, 0.05) is 37.0 Å². The van der Waals surface area contributed by atoms with E-state index in [1.807, 2.05) is 19.9 Å². The Morgan fingerprint density at radius 2 is 1.84 bits per heavy atom. The van der Waals surface area contributed by atoms with Gasteiger partial charge in [0.15, 0.2) is 5.65 Å². The first-order valence-electron chi connectivity index (χ1n) is 12.6. The van der Waals surface area contributed by atoms with Crippen LogP contribution in [0, 0.1) is 12.7 Å². The van der Waals surface area contributed by atoms with Gasteiger partial charge >= 0.3 is 0 Å². The number of carbonyl (C=O) groups is 2. The van der Waals surface area contributed by atoms with Gasteiger partial charge in [-0.2, -0.15) is 10.2 Å². The third kappa shape index (κ3) is 4.55. The second-order valence-electron chi connectivity index (χ2n) is 11.5. The van der Waals surface area contributed by atoms with Crippen LogP contribution in [-0.2, 0) is 5.41 Å². The van der Waals surface area contributed by atoms with Crippen LogP contribution in [0.1, 0.15) is 66.7 Å². The van der Waals surface area contributed by atoms with Crippen LogP contribution in [0.4, 0.5) is 4.39 Å². The molecule has 0 unspecified atom stereocenters. The molecule has 1 N–H and O–H groups in total. The molecule has 10 heteroatoms. The molecule has 0 aliphatic carbocycles. The van der Waals surface area contributed by atoms with Crippen molar-refractivity contribution in [3.8, 4) is 11.3 Å². The minimum absolute atomic E-state index is 0.141. The summed E-state index contributed by atoms with van der Waals surface area (Å²) >= 11 is 0. The van der Waals surface area contributed by atoms with E-state index in [1.54, 1.807) is 51.8 Å². The number of rotatable bonds is 3. The fourth-order valence-electron chi connectivity index (χ4n) is 4.97. The Hall–Kier alpha value is -4.08. The molecule has 0 spiro atoms. The molecule has 1 fully saturated rings. The van der Waals surface area contributed by atoms with Gasteiger partial charge in [-0.25, -0.2) is 13.9 Å². The van der Waals surface area contributed by atoms with Crippen molar-refractivity contribution in [1.29, 1.82) is 0 Å². The molecule has 4 heterocycles. The maximum absolute atomic E-state index is 13.9. The molecule has 9 nitrogen and oxygen atoms in total. The molecule has 1 aliphatic rings. The molecular weight excluding hydrogens is 485 g/mol. The highest BCUT2D eigenvalue weighted by Gasteiger charge is 2.40. The molecular formula is C28H32FN7O2. The molecule has 38 heavy (non-hydrogen) atoms. The molecule has 198 valence electrons. The number of aromatic nitrogens is 5. The fraction of sp³-hybridized carbons (Fsp3) is 0.393. The smallest absolute Gasteiger partial charge is 0.274 e. The summed E-state index contributed by atoms with van der Waals surface area (Å²) in [4.78, 5) is 34.8. The van der Waals surface area contributed by atoms with Crippen LogP contribution < -0.4 is 0 Å². The fourth-order valence-corrected chi connectivity index (χ4v) is 4.97. The SMILES string of the molecule is Cc1cc(-c2cc(C(C)(C)C)c3nc(C(=O)N4CCN(C(=O)c5ccn[nH]5)CC4(C)C)cn3n2)ccc1F. The van der Waals surface area contributed by atoms with Crippen LogP contribution in [-0.4, -0.2) is 71.6 Å². The van der Waals surface area contributed by atoms with Gasteiger partial charge in [-0.1, -0.05) is 20.8 Å². The number of nitrogens with one attached hydrogen (secondary N) is 1. The number of nitrogens with zero attached hydrogens (tertiary/aromatic N) is 6. The summed E-state index contributed by atoms with van der Waals surface area (Å²) in [6.45, 7) is 13.0. The van der Waals surface area contributed by atoms with Crippen molar-refractivity contribution >= 4 is 17.5 Å². The molecule has 0 atom stereocenters. The maximum atomic E-state index is 13.9. The average molecular weight is 518 g/mol. The van der Waals surface area contributed by atoms with Crippen LogP contribution in [0.15, 0.2) is 42.7 Å². The number of aromatic amines is 1. The van der Waals surface area contributed by atoms with Crippen LogP contribution >= 0.6 is 0 Å². The van der Waals surface area contributed by atoms with E-state index in [0.717, 1.165) is 11.1 Å². The number of benzene rings is 1. The van der Waals surface area contributed by atoms with Crippen LogP contribution in [0.2, 0.25) is 0 Å². The minimum atomic E-state index is -0.613. The maximum Gasteiger partial charge on any atom is 0.274 e. The molecule has 3 aromatic heterocycles. The summed E-state index contributed by atoms with van der Waals surface area (Å²) in [6, 6.07) is 8.52. The highest BCUT2D eigenvalue weighted by molar-refractivity contribution is 5.95. The number of piperazine rings is 1. The Balaban J connectivity index is 1.48. The summed E-state index contributed by atoms with van der Waals surface area (Å²) in [5.74, 6) is -0.624. The summed E-state index contributed by atoms with van der Waals surface area (Å²) in [6.07, 6.45) is 3.20. The van der Waals surface area contributed by atoms with Gasteiger partial charge in [0.1, 0.15) is 17.2 Å². The lowest BCUT2D eigenvalue weighted by Gasteiger charge is -2.46. The topological polar surface area (TPSA) is 99.5 Å². The molecule has 0 saturated carbocycles. The molecule has 5 rings (SSSR count). The van der Waals surface area contributed by atoms with Gasteiger partial charge in [0.25, 0.3) is 11.8 Å². The van der Waals surface area contributed by atoms with E-state index in [2.05, 4.69) is 31.0 Å². The van der Waals surface area contributed by atoms with Gasteiger partial charge in [-0.05, 0) is 62.1 Å². The highest BCUT2D eigenvalue weighted by atomic mass is 19.1. The van der Waals surface area contributed by atoms with Gasteiger partial charge < -0.3 is 9.80 Å². The second-order valence-corrected chi connectivity index (χ2v) is 11.5. The van der Waals surface area contributed by atoms with Crippen LogP contribution in [0.25, 0.3) is 16.9 Å². The lowest BCUT2D eigenvalue weighted by atomic mass is 9.87. The molecule has 1 aromatic carbocycles. The quantitative estimate of drug-likeness (QED) is 0.438. The normalized spacial score (nSPS) is 15.8. The molecule has 1 saturated heterocycles. The van der Waals surface area contributed by atoms with Crippen LogP contribution in [0.3, 0.4) is 0 Å². The standard InChI is InChI=1S/C28H32FN7O2/c1-17-13-18(7-8-20(17)29)22-14-19(27(2,3)4)24-31-23(15-36(24)33-22)26(38)35-12-11-34(16-28(35,5)6)25(37)21-9-10-30-32-21/h7-10,13-15H,11-12,16H2,1-6H3,(H,30,32). The van der Waals surface area contributed by atoms with Gasteiger partial charge in [-0.15, -0.1) is 0 Å². The number of hydrogen-bond acceptors (Lipinski definition) is 5. The summed E-state index contributed by atoms with van der Waals surface area (Å²) < 4.78 is 15.5. The number of fused-ring (bicyclic) bond motifs is 1. The van der Waals surface area contributed by atoms with Crippen molar-refractivity contribution in [2.45, 2.75) is 52.5 Å². The Morgan fingerprint density at radius 1 is 1.08 bits per heavy atom. The first kappa shape index (κ1) is 25.6. The van der Waals surface area contributed by atoms with Crippen molar-refractivity contribution < 1.29 is 14.0 Å². The van der Waals surface area contributed by atoms with Gasteiger partial charge in [-0.3, -0.25) is 14.7 Å². The molecule has 2 amide bonds. The van der Waals surface area contributed by atoms with E-state index in [-0.39, 0.29) is 28.7 Å². The number of amides is 2. The van der Waals surface area contributed by atoms with Crippen molar-refractivity contribution in [2.75, 3.05) is 19.6 Å². The van der Waals surface area contributed by atoms with E-state index >= 15 is 0 Å². The number of carbonyl (C=O) groups excluding carboxylic acids is 2. The largest absolute Gasteiger partial charge is 0.333 e. The minimum Gasteiger partial charge on any atom is -0.333 e. The molecule has 1 aliphatic heterocycles. The summed E-state index contributed by atoms with van der Waals surface area (Å²) in [5, 5.41) is 11.3. The zero-order valence-corrected chi connectivity index (χ0v) is 22.5. The summed E-state index contributed by atoms with van der Waals surface area (Å²) in [5.41, 5.74) is 3.36. The van der Waals surface area contributed by atoms with Crippen LogP contribution in [0.5, 0.6) is 0 Å². The third-order valence-corrected chi connectivity index (χ3v) is 7.07. The number of aryl methyl sites for hydroxylation is 1. The predicted molar refractivity (Wildman–Crippen MR) is 141 cm³/mol. The number of imidazole rings is 1. The van der Waals surface area contributed by atoms with Crippen molar-refractivity contribution in [1.82, 2.24) is 34.6 Å². The Bertz CT molecular complexity index is 1530. The molecule has 0 radical (unpaired) electrons. The second kappa shape index (κ2) is 9.04. The van der Waals surface area contributed by atoms with E-state index < -0.39 is 5.54 Å². The average Bonchev–Trinajstić information content (AvgIpc) is 3.53. The van der Waals surface area contributed by atoms with Crippen molar-refractivity contribution in [3.63, 3.8) is 0 Å². The lowest BCUT2D eigenvalue weighted by molar-refractivity contribution is 0.0163. The number of H-pyrrole nitrogens is 1. The zero-order chi connectivity index (χ0) is 27.4. The van der Waals surface area contributed by atoms with Gasteiger partial charge in [0.05, 0.1) is 17.4 Å². The number of hydrogen-bond donors (Lipinski definition) is 1. The first-order chi connectivity index (χ1) is 17.8. The van der Waals surface area contributed by atoms with E-state index in [1.165, 1.54) is 6.07 Å². The number of halogens is 1. The zero-order valence-electron chi connectivity index (χ0n) is 22.5. The first-order valence-corrected chi connectivity index (χ1v) is 12.6. The molecule has 0 bridgehead atoms. The Labute approximate surface area is 220 Å². The van der Waals surface area contributed by atoms with E-state index in [0.29, 0.717) is 42.2 Å². The third-order valence-electron chi connectivity index (χ3n) is 7.07. The highest BCUT2D eigenvalue weighted by Crippen LogP contribution is 2.31. The van der Waals surface area contributed by atoms with Crippen molar-refractivity contribution in [3.05, 3.63) is 71.1 Å². The predicted octanol–water partition coefficient (Wildman–Crippen LogP) is 4.24. The monoisotopic (exact) mass is 517 g/mol. The Morgan fingerprint density at radius 3 is 2.47 bits per heavy atom. The van der Waals surface area contributed by atoms with E-state index in [4.69, 9.17) is 10.1 Å². The van der Waals surface area contributed by atoms with Gasteiger partial charge in [0.2, 0.25) is 0 Å². The lowest BCUT2D eigenvalue weighted by Crippen LogP contribution is -2.62. The van der Waals surface area contributed by atoms with Crippen molar-refractivity contribution in [2.24, 2.45) is 0 Å². The van der Waals surface area contributed by atoms with E-state index in [9.17, 15) is 14.0 Å². The molecule has 4 aromatic rings. The summed E-state index contributed by atoms with van der Waals surface area (Å²) in [7, 11) is 0.